The number of aromatic nitrogens is 12. The van der Waals surface area contributed by atoms with E-state index in [0.717, 1.165) is 245 Å². The number of rotatable bonds is 17. The van der Waals surface area contributed by atoms with E-state index in [1.54, 1.807) is 0 Å². The van der Waals surface area contributed by atoms with Crippen LogP contribution < -0.4 is 39.2 Å². The van der Waals surface area contributed by atoms with E-state index < -0.39 is 0 Å². The second-order valence-electron chi connectivity index (χ2n) is 36.4. The molecule has 9 aliphatic rings. The second-order valence-corrected chi connectivity index (χ2v) is 37.7. The molecule has 17 rings (SSSR count). The maximum atomic E-state index is 4.44. The highest BCUT2D eigenvalue weighted by Crippen LogP contribution is 2.30. The molecule has 0 spiro atoms. The van der Waals surface area contributed by atoms with Gasteiger partial charge in [-0.1, -0.05) is 50.6 Å². The van der Waals surface area contributed by atoms with Crippen molar-refractivity contribution in [3.8, 4) is 0 Å². The van der Waals surface area contributed by atoms with Gasteiger partial charge in [0.2, 0.25) is 29.7 Å². The van der Waals surface area contributed by atoms with Gasteiger partial charge in [-0.25, -0.2) is 54.8 Å². The molecule has 1 aliphatic carbocycles. The number of hydrogen-bond donors (Lipinski definition) is 0. The highest BCUT2D eigenvalue weighted by molar-refractivity contribution is 7.16. The van der Waals surface area contributed by atoms with Gasteiger partial charge in [0.15, 0.2) is 0 Å². The fraction of sp³-hybridized carbons (Fsp3) is 0.624. The summed E-state index contributed by atoms with van der Waals surface area (Å²) >= 11 is 1.92. The monoisotopic (exact) mass is 1800 g/mol. The Morgan fingerprint density at radius 1 is 0.315 bits per heavy atom. The number of aryl methyl sites for hydroxylation is 8. The van der Waals surface area contributed by atoms with Crippen LogP contribution in [0, 0.1) is 55.4 Å². The SMILES string of the molecule is C=CCN1CCCN(c2ncc(C)cn2)CC1.C=CCN1CCCN(c2ncc(C)cn2)CC1.CCN1CCCN(c2ccc(C)cc2)CC1.CCN1CCCN(c2cnc(C)cn2)CC1.CCN1CCCN(c2ncc(C)cn2)CC1.Cc1ccc(N2CCCN(C(C)C)CC2)s1.Cc1cnc(N2CCCN(C)CC2)nc1.Cc1cnc(N2CCCN(C3CC3)CC2)nc1. The molecular weight excluding hydrogens is 1640 g/mol. The maximum Gasteiger partial charge on any atom is 0.225 e. The first-order valence-electron chi connectivity index (χ1n) is 49.1. The molecule has 0 unspecified atom stereocenters. The number of likely N-dealkylation sites (N-methyl/N-ethyl adjacent to an activating group) is 4. The lowest BCUT2D eigenvalue weighted by atomic mass is 10.2. The molecule has 29 heteroatoms. The molecule has 9 fully saturated rings. The number of nitrogens with zero attached hydrogens (tertiary/aromatic N) is 28. The van der Waals surface area contributed by atoms with Crippen LogP contribution in [0.2, 0.25) is 0 Å². The standard InChI is InChI=1S/C14H22N2.3C13H20N4.C13H22N2S.2C12H20N4.C11H18N4/c1-3-15-9-4-10-16(12-11-15)14-7-5-13(2)6-8-14;1-11-9-14-13(15-10-11)17-6-2-5-16(7-8-17)12-3-4-12;2*1-3-5-16-6-4-7-17(9-8-16)13-14-10-12(2)11-15-13;1-11(2)14-7-4-8-15(10-9-14)13-6-5-12(3)16-13;1-3-15-5-4-6-16(8-7-15)12-10-13-11(2)9-14-12;1-3-15-5-4-6-16(8-7-15)12-13-9-11(2)10-14-12;1-10-8-12-11(13-9-10)15-5-3-4-14(2)6-7-15/h5-8H,3-4,9-12H2,1-2H3;9-10,12H,2-8H2,1H3;2*3,10-11H,1,4-9H2,2H3;5-6,11H,4,7-10H2,1-3H3;2*9-10H,3-8H2,1-2H3;8-9H,3-7H2,1-2H3. The Kier molecular flexibility index (Phi) is 45.0. The minimum absolute atomic E-state index is 0.685. The van der Waals surface area contributed by atoms with Crippen molar-refractivity contribution in [2.75, 3.05) is 288 Å². The molecule has 8 saturated heterocycles. The highest BCUT2D eigenvalue weighted by Gasteiger charge is 2.31. The maximum absolute atomic E-state index is 4.44. The van der Waals surface area contributed by atoms with Crippen LogP contribution in [-0.4, -0.2) is 360 Å². The van der Waals surface area contributed by atoms with E-state index in [9.17, 15) is 0 Å². The van der Waals surface area contributed by atoms with Gasteiger partial charge in [0.25, 0.3) is 0 Å². The molecule has 712 valence electrons. The molecule has 1 saturated carbocycles. The van der Waals surface area contributed by atoms with Gasteiger partial charge >= 0.3 is 0 Å². The zero-order valence-electron chi connectivity index (χ0n) is 82.3. The summed E-state index contributed by atoms with van der Waals surface area (Å²) in [6, 6.07) is 15.0. The Morgan fingerprint density at radius 2 is 0.662 bits per heavy atom. The molecule has 0 atom stereocenters. The van der Waals surface area contributed by atoms with E-state index in [0.29, 0.717) is 6.04 Å². The summed E-state index contributed by atoms with van der Waals surface area (Å²) in [7, 11) is 2.17. The zero-order chi connectivity index (χ0) is 92.2. The van der Waals surface area contributed by atoms with Crippen molar-refractivity contribution >= 4 is 57.6 Å². The number of thiophene rings is 1. The molecule has 0 N–H and O–H groups in total. The average molecular weight is 1800 g/mol. The molecule has 8 aliphatic heterocycles. The second kappa shape index (κ2) is 56.7. The minimum Gasteiger partial charge on any atom is -0.370 e. The van der Waals surface area contributed by atoms with Gasteiger partial charge in [0, 0.05) is 281 Å². The van der Waals surface area contributed by atoms with Gasteiger partial charge in [0.05, 0.1) is 23.1 Å². The lowest BCUT2D eigenvalue weighted by Gasteiger charge is -2.25. The van der Waals surface area contributed by atoms with E-state index in [-0.39, 0.29) is 0 Å². The first kappa shape index (κ1) is 103. The topological polar surface area (TPSA) is 207 Å². The predicted molar refractivity (Wildman–Crippen MR) is 544 cm³/mol. The molecule has 15 heterocycles. The molecule has 28 nitrogen and oxygen atoms in total. The van der Waals surface area contributed by atoms with Gasteiger partial charge in [-0.3, -0.25) is 24.6 Å². The molecule has 7 aromatic heterocycles. The zero-order valence-corrected chi connectivity index (χ0v) is 83.1. The van der Waals surface area contributed by atoms with E-state index >= 15 is 0 Å². The van der Waals surface area contributed by atoms with Crippen LogP contribution >= 0.6 is 11.3 Å². The highest BCUT2D eigenvalue weighted by atomic mass is 32.1. The van der Waals surface area contributed by atoms with Crippen LogP contribution in [0.25, 0.3) is 0 Å². The van der Waals surface area contributed by atoms with Crippen molar-refractivity contribution in [2.24, 2.45) is 0 Å². The Labute approximate surface area is 786 Å². The van der Waals surface area contributed by atoms with E-state index in [2.05, 4.69) is 243 Å². The summed E-state index contributed by atoms with van der Waals surface area (Å²) in [4.78, 5) is 92.8. The van der Waals surface area contributed by atoms with Crippen LogP contribution in [0.4, 0.5) is 46.2 Å². The fourth-order valence-electron chi connectivity index (χ4n) is 17.1. The Morgan fingerprint density at radius 3 is 1.05 bits per heavy atom. The largest absolute Gasteiger partial charge is 0.370 e. The summed E-state index contributed by atoms with van der Waals surface area (Å²) in [5.74, 6) is 5.38. The van der Waals surface area contributed by atoms with Gasteiger partial charge in [-0.05, 0) is 238 Å². The predicted octanol–water partition coefficient (Wildman–Crippen LogP) is 13.5. The molecular formula is C101H162N28S. The first-order valence-corrected chi connectivity index (χ1v) is 49.9. The fourth-order valence-corrected chi connectivity index (χ4v) is 18.0. The van der Waals surface area contributed by atoms with Crippen LogP contribution in [-0.2, 0) is 0 Å². The van der Waals surface area contributed by atoms with Crippen molar-refractivity contribution in [1.82, 2.24) is 99.0 Å². The number of anilines is 8. The van der Waals surface area contributed by atoms with Gasteiger partial charge in [-0.2, -0.15) is 0 Å². The van der Waals surface area contributed by atoms with Crippen molar-refractivity contribution < 1.29 is 0 Å². The normalized spacial score (nSPS) is 19.0. The van der Waals surface area contributed by atoms with Crippen LogP contribution in [0.15, 0.2) is 136 Å². The summed E-state index contributed by atoms with van der Waals surface area (Å²) in [5.41, 5.74) is 9.28. The van der Waals surface area contributed by atoms with Gasteiger partial charge in [-0.15, -0.1) is 24.5 Å². The number of benzene rings is 1. The smallest absolute Gasteiger partial charge is 0.225 e. The van der Waals surface area contributed by atoms with Gasteiger partial charge in [0.1, 0.15) is 5.82 Å². The Hall–Kier alpha value is -9.04. The lowest BCUT2D eigenvalue weighted by Crippen LogP contribution is -2.34. The molecule has 0 radical (unpaired) electrons. The molecule has 8 aromatic rings. The molecule has 0 bridgehead atoms. The van der Waals surface area contributed by atoms with Crippen LogP contribution in [0.3, 0.4) is 0 Å². The van der Waals surface area contributed by atoms with Gasteiger partial charge < -0.3 is 58.8 Å². The third-order valence-corrected chi connectivity index (χ3v) is 26.5. The summed E-state index contributed by atoms with van der Waals surface area (Å²) in [6.07, 6.45) is 39.1. The first-order chi connectivity index (χ1) is 63.2. The average Bonchev–Trinajstić information content (AvgIpc) is 1.70. The summed E-state index contributed by atoms with van der Waals surface area (Å²) in [5, 5.41) is 1.45. The minimum atomic E-state index is 0.685. The van der Waals surface area contributed by atoms with Crippen molar-refractivity contribution in [3.05, 3.63) is 180 Å². The summed E-state index contributed by atoms with van der Waals surface area (Å²) < 4.78 is 0. The van der Waals surface area contributed by atoms with Crippen molar-refractivity contribution in [2.45, 2.75) is 166 Å². The van der Waals surface area contributed by atoms with Crippen LogP contribution in [0.1, 0.15) is 143 Å². The van der Waals surface area contributed by atoms with Crippen LogP contribution in [0.5, 0.6) is 0 Å². The Balaban J connectivity index is 0.000000154. The van der Waals surface area contributed by atoms with E-state index in [1.165, 1.54) is 158 Å². The molecule has 130 heavy (non-hydrogen) atoms. The third-order valence-electron chi connectivity index (χ3n) is 25.4. The van der Waals surface area contributed by atoms with Crippen molar-refractivity contribution in [3.63, 3.8) is 0 Å². The Bertz CT molecular complexity index is 4140. The molecule has 0 amide bonds. The molecule has 1 aromatic carbocycles. The quantitative estimate of drug-likeness (QED) is 0.0777. The van der Waals surface area contributed by atoms with E-state index in [1.807, 2.05) is 139 Å². The number of hydrogen-bond acceptors (Lipinski definition) is 29. The lowest BCUT2D eigenvalue weighted by molar-refractivity contribution is 0.238. The van der Waals surface area contributed by atoms with Crippen molar-refractivity contribution in [1.29, 1.82) is 0 Å². The third kappa shape index (κ3) is 36.5. The van der Waals surface area contributed by atoms with E-state index in [4.69, 9.17) is 0 Å². The summed E-state index contributed by atoms with van der Waals surface area (Å²) in [6.45, 7) is 76.6.